The zero-order valence-electron chi connectivity index (χ0n) is 17.2. The number of anilines is 1. The summed E-state index contributed by atoms with van der Waals surface area (Å²) >= 11 is 5.92. The Balaban J connectivity index is 1.80. The molecule has 0 atom stereocenters. The van der Waals surface area contributed by atoms with Crippen molar-refractivity contribution in [1.82, 2.24) is 0 Å². The smallest absolute Gasteiger partial charge is 0.266 e. The number of carbonyl (C=O) groups is 1. The second-order valence-corrected chi connectivity index (χ2v) is 7.20. The summed E-state index contributed by atoms with van der Waals surface area (Å²) in [5.41, 5.74) is 3.15. The van der Waals surface area contributed by atoms with Gasteiger partial charge in [0.15, 0.2) is 11.5 Å². The number of ether oxygens (including phenoxy) is 2. The van der Waals surface area contributed by atoms with Crippen molar-refractivity contribution in [3.8, 4) is 17.6 Å². The molecule has 0 spiro atoms. The Morgan fingerprint density at radius 2 is 1.84 bits per heavy atom. The molecule has 0 saturated carbocycles. The molecule has 0 aliphatic heterocycles. The molecule has 3 aromatic rings. The van der Waals surface area contributed by atoms with Crippen LogP contribution in [0, 0.1) is 18.3 Å². The summed E-state index contributed by atoms with van der Waals surface area (Å²) in [5, 5.41) is 12.9. The number of nitrogens with one attached hydrogen (secondary N) is 1. The number of nitrogens with zero attached hydrogens (tertiary/aromatic N) is 1. The number of hydrogen-bond acceptors (Lipinski definition) is 4. The highest BCUT2D eigenvalue weighted by atomic mass is 35.5. The van der Waals surface area contributed by atoms with Crippen LogP contribution in [0.3, 0.4) is 0 Å². The van der Waals surface area contributed by atoms with E-state index in [1.54, 1.807) is 43.5 Å². The first kappa shape index (κ1) is 21.9. The van der Waals surface area contributed by atoms with Crippen molar-refractivity contribution in [2.24, 2.45) is 0 Å². The van der Waals surface area contributed by atoms with E-state index in [-0.39, 0.29) is 5.57 Å². The molecule has 0 unspecified atom stereocenters. The minimum atomic E-state index is -0.476. The average Bonchev–Trinajstić information content (AvgIpc) is 2.78. The fraction of sp³-hybridized carbons (Fsp3) is 0.120. The van der Waals surface area contributed by atoms with Crippen molar-refractivity contribution < 1.29 is 14.3 Å². The summed E-state index contributed by atoms with van der Waals surface area (Å²) in [7, 11) is 1.55. The molecule has 0 saturated heterocycles. The number of benzene rings is 3. The third kappa shape index (κ3) is 5.88. The van der Waals surface area contributed by atoms with Gasteiger partial charge in [-0.15, -0.1) is 0 Å². The number of hydrogen-bond donors (Lipinski definition) is 1. The minimum Gasteiger partial charge on any atom is -0.493 e. The lowest BCUT2D eigenvalue weighted by atomic mass is 10.1. The number of amides is 1. The van der Waals surface area contributed by atoms with Crippen LogP contribution >= 0.6 is 11.6 Å². The Morgan fingerprint density at radius 1 is 1.10 bits per heavy atom. The van der Waals surface area contributed by atoms with E-state index < -0.39 is 5.91 Å². The van der Waals surface area contributed by atoms with Crippen LogP contribution in [-0.2, 0) is 11.4 Å². The highest BCUT2D eigenvalue weighted by Crippen LogP contribution is 2.30. The number of para-hydroxylation sites is 1. The molecule has 3 aromatic carbocycles. The summed E-state index contributed by atoms with van der Waals surface area (Å²) in [5.74, 6) is 0.577. The summed E-state index contributed by atoms with van der Waals surface area (Å²) in [6, 6.07) is 21.9. The molecule has 1 amide bonds. The molecule has 3 rings (SSSR count). The molecule has 5 nitrogen and oxygen atoms in total. The first-order valence-corrected chi connectivity index (χ1v) is 9.92. The largest absolute Gasteiger partial charge is 0.493 e. The molecule has 0 fully saturated rings. The van der Waals surface area contributed by atoms with Gasteiger partial charge in [0.25, 0.3) is 5.91 Å². The highest BCUT2D eigenvalue weighted by molar-refractivity contribution is 6.30. The Morgan fingerprint density at radius 3 is 2.52 bits per heavy atom. The maximum atomic E-state index is 12.6. The second-order valence-electron chi connectivity index (χ2n) is 6.76. The van der Waals surface area contributed by atoms with Crippen molar-refractivity contribution in [2.75, 3.05) is 12.4 Å². The molecule has 0 radical (unpaired) electrons. The lowest BCUT2D eigenvalue weighted by molar-refractivity contribution is -0.112. The van der Waals surface area contributed by atoms with Crippen molar-refractivity contribution in [3.05, 3.63) is 94.0 Å². The van der Waals surface area contributed by atoms with Gasteiger partial charge in [-0.25, -0.2) is 0 Å². The van der Waals surface area contributed by atoms with Crippen LogP contribution in [0.5, 0.6) is 11.5 Å². The number of methoxy groups -OCH3 is 1. The van der Waals surface area contributed by atoms with Gasteiger partial charge >= 0.3 is 0 Å². The fourth-order valence-corrected chi connectivity index (χ4v) is 2.98. The third-order valence-electron chi connectivity index (χ3n) is 4.56. The summed E-state index contributed by atoms with van der Waals surface area (Å²) in [6.07, 6.45) is 1.52. The third-order valence-corrected chi connectivity index (χ3v) is 4.82. The Kier molecular flexibility index (Phi) is 7.31. The van der Waals surface area contributed by atoms with Crippen molar-refractivity contribution in [2.45, 2.75) is 13.5 Å². The van der Waals surface area contributed by atoms with Crippen LogP contribution in [0.4, 0.5) is 5.69 Å². The standard InChI is InChI=1S/C25H21ClN2O3/c1-17-5-3-4-6-22(17)28-25(29)20(15-27)13-19-9-12-23(30-2)24(14-19)31-16-18-7-10-21(26)11-8-18/h3-14H,16H2,1-2H3,(H,28,29)/b20-13-. The number of halogens is 1. The lowest BCUT2D eigenvalue weighted by Crippen LogP contribution is -2.14. The molecular weight excluding hydrogens is 412 g/mol. The summed E-state index contributed by atoms with van der Waals surface area (Å²) in [4.78, 5) is 12.6. The summed E-state index contributed by atoms with van der Waals surface area (Å²) in [6.45, 7) is 2.21. The van der Waals surface area contributed by atoms with Crippen molar-refractivity contribution >= 4 is 29.3 Å². The molecule has 0 bridgehead atoms. The molecule has 0 aliphatic rings. The van der Waals surface area contributed by atoms with Gasteiger partial charge in [-0.05, 0) is 60.0 Å². The van der Waals surface area contributed by atoms with Crippen LogP contribution in [0.1, 0.15) is 16.7 Å². The van der Waals surface area contributed by atoms with E-state index in [1.165, 1.54) is 6.08 Å². The SMILES string of the molecule is COc1ccc(/C=C(/C#N)C(=O)Nc2ccccc2C)cc1OCc1ccc(Cl)cc1. The topological polar surface area (TPSA) is 71.3 Å². The van der Waals surface area contributed by atoms with Gasteiger partial charge in [0.1, 0.15) is 18.2 Å². The molecule has 156 valence electrons. The van der Waals surface area contributed by atoms with Gasteiger partial charge < -0.3 is 14.8 Å². The van der Waals surface area contributed by atoms with E-state index in [4.69, 9.17) is 21.1 Å². The zero-order chi connectivity index (χ0) is 22.2. The van der Waals surface area contributed by atoms with Gasteiger partial charge in [0.2, 0.25) is 0 Å². The predicted molar refractivity (Wildman–Crippen MR) is 122 cm³/mol. The van der Waals surface area contributed by atoms with Crippen LogP contribution in [-0.4, -0.2) is 13.0 Å². The Hall–Kier alpha value is -3.75. The Labute approximate surface area is 186 Å². The van der Waals surface area contributed by atoms with Crippen LogP contribution in [0.25, 0.3) is 6.08 Å². The van der Waals surface area contributed by atoms with E-state index >= 15 is 0 Å². The molecule has 0 heterocycles. The van der Waals surface area contributed by atoms with Gasteiger partial charge in [-0.1, -0.05) is 48.0 Å². The number of carbonyl (C=O) groups excluding carboxylic acids is 1. The number of nitriles is 1. The van der Waals surface area contributed by atoms with E-state index in [2.05, 4.69) is 5.32 Å². The molecule has 31 heavy (non-hydrogen) atoms. The summed E-state index contributed by atoms with van der Waals surface area (Å²) < 4.78 is 11.3. The lowest BCUT2D eigenvalue weighted by Gasteiger charge is -2.12. The van der Waals surface area contributed by atoms with Crippen LogP contribution in [0.2, 0.25) is 5.02 Å². The second kappa shape index (κ2) is 10.3. The quantitative estimate of drug-likeness (QED) is 0.379. The van der Waals surface area contributed by atoms with Crippen LogP contribution < -0.4 is 14.8 Å². The molecule has 1 N–H and O–H groups in total. The van der Waals surface area contributed by atoms with Crippen LogP contribution in [0.15, 0.2) is 72.3 Å². The fourth-order valence-electron chi connectivity index (χ4n) is 2.86. The normalized spacial score (nSPS) is 10.8. The maximum Gasteiger partial charge on any atom is 0.266 e. The van der Waals surface area contributed by atoms with Gasteiger partial charge in [-0.3, -0.25) is 4.79 Å². The first-order valence-electron chi connectivity index (χ1n) is 9.54. The maximum absolute atomic E-state index is 12.6. The zero-order valence-corrected chi connectivity index (χ0v) is 17.9. The van der Waals surface area contributed by atoms with E-state index in [9.17, 15) is 10.1 Å². The van der Waals surface area contributed by atoms with E-state index in [0.29, 0.717) is 34.4 Å². The van der Waals surface area contributed by atoms with E-state index in [1.807, 2.05) is 43.3 Å². The molecule has 6 heteroatoms. The monoisotopic (exact) mass is 432 g/mol. The highest BCUT2D eigenvalue weighted by Gasteiger charge is 2.12. The predicted octanol–water partition coefficient (Wildman–Crippen LogP) is 5.78. The van der Waals surface area contributed by atoms with Gasteiger partial charge in [0, 0.05) is 10.7 Å². The molecule has 0 aliphatic carbocycles. The first-order chi connectivity index (χ1) is 15.0. The molecule has 0 aromatic heterocycles. The van der Waals surface area contributed by atoms with Crippen molar-refractivity contribution in [3.63, 3.8) is 0 Å². The number of rotatable bonds is 7. The van der Waals surface area contributed by atoms with Gasteiger partial charge in [-0.2, -0.15) is 5.26 Å². The van der Waals surface area contributed by atoms with Gasteiger partial charge in [0.05, 0.1) is 7.11 Å². The minimum absolute atomic E-state index is 0.0166. The molecular formula is C25H21ClN2O3. The number of aryl methyl sites for hydroxylation is 1. The average molecular weight is 433 g/mol. The Bertz CT molecular complexity index is 1150. The van der Waals surface area contributed by atoms with E-state index in [0.717, 1.165) is 11.1 Å². The van der Waals surface area contributed by atoms with Crippen molar-refractivity contribution in [1.29, 1.82) is 5.26 Å².